The smallest absolute Gasteiger partial charge is 0.269 e. The first-order chi connectivity index (χ1) is 12.4. The van der Waals surface area contributed by atoms with Crippen LogP contribution in [0.25, 0.3) is 0 Å². The number of benzene rings is 2. The normalized spacial score (nSPS) is 11.3. The highest BCUT2D eigenvalue weighted by Crippen LogP contribution is 2.27. The Balaban J connectivity index is 1.91. The molecule has 0 bridgehead atoms. The van der Waals surface area contributed by atoms with E-state index in [0.29, 0.717) is 23.8 Å². The molecule has 2 rings (SSSR count). The molecule has 8 nitrogen and oxygen atoms in total. The minimum atomic E-state index is -0.753. The number of nitro groups is 1. The van der Waals surface area contributed by atoms with E-state index in [9.17, 15) is 14.9 Å². The number of hydrogen-bond acceptors (Lipinski definition) is 6. The molecule has 0 spiro atoms. The second-order valence-electron chi connectivity index (χ2n) is 5.42. The van der Waals surface area contributed by atoms with Crippen LogP contribution in [0.4, 0.5) is 5.69 Å². The third-order valence-electron chi connectivity index (χ3n) is 3.64. The van der Waals surface area contributed by atoms with E-state index in [1.807, 2.05) is 6.07 Å². The summed E-state index contributed by atoms with van der Waals surface area (Å²) in [5, 5.41) is 13.4. The largest absolute Gasteiger partial charge is 0.493 e. The predicted molar refractivity (Wildman–Crippen MR) is 94.6 cm³/mol. The van der Waals surface area contributed by atoms with Gasteiger partial charge in [-0.2, -0.15) is 0 Å². The fourth-order valence-electron chi connectivity index (χ4n) is 2.23. The summed E-state index contributed by atoms with van der Waals surface area (Å²) in [6, 6.07) is 10.9. The van der Waals surface area contributed by atoms with Gasteiger partial charge in [0, 0.05) is 18.7 Å². The Morgan fingerprint density at radius 1 is 1.12 bits per heavy atom. The lowest BCUT2D eigenvalue weighted by Gasteiger charge is -2.15. The van der Waals surface area contributed by atoms with Crippen molar-refractivity contribution < 1.29 is 23.9 Å². The molecule has 0 radical (unpaired) electrons. The average Bonchev–Trinajstić information content (AvgIpc) is 2.66. The van der Waals surface area contributed by atoms with E-state index >= 15 is 0 Å². The van der Waals surface area contributed by atoms with Crippen molar-refractivity contribution in [2.75, 3.05) is 14.2 Å². The van der Waals surface area contributed by atoms with Gasteiger partial charge in [0.05, 0.1) is 19.1 Å². The van der Waals surface area contributed by atoms with Gasteiger partial charge < -0.3 is 19.5 Å². The standard InChI is InChI=1S/C18H20N2O6/c1-12(26-15-7-5-14(6-8-15)20(22)23)18(21)19-11-13-4-9-16(24-2)17(10-13)25-3/h4-10,12H,11H2,1-3H3,(H,19,21)/t12-/m1/s1. The quantitative estimate of drug-likeness (QED) is 0.574. The highest BCUT2D eigenvalue weighted by molar-refractivity contribution is 5.80. The first kappa shape index (κ1) is 19.0. The number of ether oxygens (including phenoxy) is 3. The Bertz CT molecular complexity index is 776. The fourth-order valence-corrected chi connectivity index (χ4v) is 2.23. The third-order valence-corrected chi connectivity index (χ3v) is 3.64. The molecular formula is C18H20N2O6. The number of hydrogen-bond donors (Lipinski definition) is 1. The summed E-state index contributed by atoms with van der Waals surface area (Å²) in [4.78, 5) is 22.3. The molecule has 2 aromatic carbocycles. The third kappa shape index (κ3) is 4.85. The highest BCUT2D eigenvalue weighted by Gasteiger charge is 2.15. The van der Waals surface area contributed by atoms with Crippen LogP contribution in [0.1, 0.15) is 12.5 Å². The maximum Gasteiger partial charge on any atom is 0.269 e. The molecule has 8 heteroatoms. The van der Waals surface area contributed by atoms with Crippen LogP contribution in [0, 0.1) is 10.1 Å². The summed E-state index contributed by atoms with van der Waals surface area (Å²) in [5.74, 6) is 1.26. The number of nitro benzene ring substituents is 1. The molecule has 0 unspecified atom stereocenters. The molecule has 0 saturated carbocycles. The lowest BCUT2D eigenvalue weighted by molar-refractivity contribution is -0.384. The van der Waals surface area contributed by atoms with Gasteiger partial charge in [-0.15, -0.1) is 0 Å². The van der Waals surface area contributed by atoms with Crippen LogP contribution in [0.15, 0.2) is 42.5 Å². The Labute approximate surface area is 150 Å². The molecule has 138 valence electrons. The molecule has 1 amide bonds. The Morgan fingerprint density at radius 2 is 1.77 bits per heavy atom. The molecule has 1 N–H and O–H groups in total. The number of carbonyl (C=O) groups is 1. The molecular weight excluding hydrogens is 340 g/mol. The Kier molecular flexibility index (Phi) is 6.37. The van der Waals surface area contributed by atoms with E-state index in [4.69, 9.17) is 14.2 Å². The summed E-state index contributed by atoms with van der Waals surface area (Å²) in [6.45, 7) is 1.90. The van der Waals surface area contributed by atoms with Crippen molar-refractivity contribution in [1.29, 1.82) is 0 Å². The molecule has 0 heterocycles. The maximum atomic E-state index is 12.2. The van der Waals surface area contributed by atoms with E-state index in [1.54, 1.807) is 33.3 Å². The maximum absolute atomic E-state index is 12.2. The van der Waals surface area contributed by atoms with Gasteiger partial charge in [-0.1, -0.05) is 6.07 Å². The fraction of sp³-hybridized carbons (Fsp3) is 0.278. The summed E-state index contributed by atoms with van der Waals surface area (Å²) in [7, 11) is 3.09. The van der Waals surface area contributed by atoms with E-state index in [-0.39, 0.29) is 11.6 Å². The van der Waals surface area contributed by atoms with Crippen molar-refractivity contribution >= 4 is 11.6 Å². The molecule has 0 saturated heterocycles. The summed E-state index contributed by atoms with van der Waals surface area (Å²) < 4.78 is 15.9. The number of rotatable bonds is 8. The number of non-ortho nitro benzene ring substituents is 1. The monoisotopic (exact) mass is 360 g/mol. The molecule has 0 aliphatic heterocycles. The highest BCUT2D eigenvalue weighted by atomic mass is 16.6. The van der Waals surface area contributed by atoms with Crippen LogP contribution in [-0.4, -0.2) is 31.2 Å². The van der Waals surface area contributed by atoms with Crippen LogP contribution < -0.4 is 19.5 Å². The molecule has 2 aromatic rings. The summed E-state index contributed by atoms with van der Waals surface area (Å²) >= 11 is 0. The van der Waals surface area contributed by atoms with Crippen LogP contribution >= 0.6 is 0 Å². The number of nitrogens with zero attached hydrogens (tertiary/aromatic N) is 1. The SMILES string of the molecule is COc1ccc(CNC(=O)[C@@H](C)Oc2ccc([N+](=O)[O-])cc2)cc1OC. The van der Waals surface area contributed by atoms with Crippen LogP contribution in [-0.2, 0) is 11.3 Å². The Hall–Kier alpha value is -3.29. The molecule has 0 aliphatic carbocycles. The second kappa shape index (κ2) is 8.70. The number of carbonyl (C=O) groups excluding carboxylic acids is 1. The zero-order valence-corrected chi connectivity index (χ0v) is 14.7. The summed E-state index contributed by atoms with van der Waals surface area (Å²) in [6.07, 6.45) is -0.753. The molecule has 1 atom stereocenters. The Morgan fingerprint density at radius 3 is 2.35 bits per heavy atom. The number of methoxy groups -OCH3 is 2. The number of nitrogens with one attached hydrogen (secondary N) is 1. The van der Waals surface area contributed by atoms with E-state index in [2.05, 4.69) is 5.32 Å². The zero-order chi connectivity index (χ0) is 19.1. The van der Waals surface area contributed by atoms with Crippen molar-refractivity contribution in [1.82, 2.24) is 5.32 Å². The van der Waals surface area contributed by atoms with Crippen molar-refractivity contribution in [3.8, 4) is 17.2 Å². The van der Waals surface area contributed by atoms with Crippen LogP contribution in [0.5, 0.6) is 17.2 Å². The van der Waals surface area contributed by atoms with Crippen molar-refractivity contribution in [3.05, 3.63) is 58.1 Å². The summed E-state index contributed by atoms with van der Waals surface area (Å²) in [5.41, 5.74) is 0.807. The molecule has 0 aromatic heterocycles. The van der Waals surface area contributed by atoms with Gasteiger partial charge in [-0.05, 0) is 36.8 Å². The first-order valence-electron chi connectivity index (χ1n) is 7.84. The topological polar surface area (TPSA) is 99.9 Å². The van der Waals surface area contributed by atoms with E-state index < -0.39 is 11.0 Å². The van der Waals surface area contributed by atoms with E-state index in [0.717, 1.165) is 5.56 Å². The first-order valence-corrected chi connectivity index (χ1v) is 7.84. The number of amides is 1. The zero-order valence-electron chi connectivity index (χ0n) is 14.7. The van der Waals surface area contributed by atoms with E-state index in [1.165, 1.54) is 24.3 Å². The van der Waals surface area contributed by atoms with Gasteiger partial charge in [0.15, 0.2) is 17.6 Å². The van der Waals surface area contributed by atoms with Gasteiger partial charge >= 0.3 is 0 Å². The average molecular weight is 360 g/mol. The lowest BCUT2D eigenvalue weighted by atomic mass is 10.2. The van der Waals surface area contributed by atoms with Gasteiger partial charge in [-0.3, -0.25) is 14.9 Å². The van der Waals surface area contributed by atoms with Crippen LogP contribution in [0.2, 0.25) is 0 Å². The van der Waals surface area contributed by atoms with Crippen molar-refractivity contribution in [3.63, 3.8) is 0 Å². The minimum Gasteiger partial charge on any atom is -0.493 e. The predicted octanol–water partition coefficient (Wildman–Crippen LogP) is 2.70. The molecule has 0 fully saturated rings. The minimum absolute atomic E-state index is 0.0390. The molecule has 0 aliphatic rings. The lowest BCUT2D eigenvalue weighted by Crippen LogP contribution is -2.35. The van der Waals surface area contributed by atoms with Gasteiger partial charge in [0.1, 0.15) is 5.75 Å². The molecule has 26 heavy (non-hydrogen) atoms. The van der Waals surface area contributed by atoms with Crippen molar-refractivity contribution in [2.24, 2.45) is 0 Å². The van der Waals surface area contributed by atoms with Gasteiger partial charge in [-0.25, -0.2) is 0 Å². The van der Waals surface area contributed by atoms with Crippen molar-refractivity contribution in [2.45, 2.75) is 19.6 Å². The van der Waals surface area contributed by atoms with Crippen LogP contribution in [0.3, 0.4) is 0 Å². The van der Waals surface area contributed by atoms with Gasteiger partial charge in [0.25, 0.3) is 11.6 Å². The van der Waals surface area contributed by atoms with Gasteiger partial charge in [0.2, 0.25) is 0 Å². The second-order valence-corrected chi connectivity index (χ2v) is 5.42.